The van der Waals surface area contributed by atoms with Gasteiger partial charge in [-0.05, 0) is 23.1 Å². The third-order valence-corrected chi connectivity index (χ3v) is 6.45. The maximum absolute atomic E-state index is 13.7. The fourth-order valence-corrected chi connectivity index (χ4v) is 3.97. The van der Waals surface area contributed by atoms with Gasteiger partial charge in [-0.1, -0.05) is 48.0 Å². The van der Waals surface area contributed by atoms with Crippen LogP contribution in [0.3, 0.4) is 0 Å². The fraction of sp³-hybridized carbons (Fsp3) is 0.320. The highest BCUT2D eigenvalue weighted by Gasteiger charge is 2.23. The number of halogens is 2. The molecule has 0 aliphatic carbocycles. The average Bonchev–Trinajstić information content (AvgIpc) is 2.93. The summed E-state index contributed by atoms with van der Waals surface area (Å²) in [6.45, 7) is -1.27. The van der Waals surface area contributed by atoms with Crippen LogP contribution in [0.5, 0.6) is 0 Å². The molecule has 216 valence electrons. The van der Waals surface area contributed by atoms with E-state index in [2.05, 4.69) is 20.1 Å². The Morgan fingerprint density at radius 2 is 1.88 bits per heavy atom. The van der Waals surface area contributed by atoms with Crippen LogP contribution in [0.15, 0.2) is 54.7 Å². The second-order valence-corrected chi connectivity index (χ2v) is 9.74. The molecule has 3 amide bonds. The number of carbonyl (C=O) groups excluding carboxylic acids is 2. The van der Waals surface area contributed by atoms with Gasteiger partial charge in [0.05, 0.1) is 30.9 Å². The minimum absolute atomic E-state index is 0.0707. The number of fused-ring (bicyclic) bond motifs is 1. The lowest BCUT2D eigenvalue weighted by molar-refractivity contribution is -0.0118. The van der Waals surface area contributed by atoms with Gasteiger partial charge >= 0.3 is 20.4 Å². The standard InChI is InChI=1S/C25H29ClFN4O8P/c1-31(24(33)29-11-18-7-4-8-21(27)23(18)26)19(12-37-14-20(32)15-39-40(35)36)13-38-25(34)30-22-9-16-5-2-3-6-17(16)10-28-22/h2-10,19-20,32,40H,11-15H2,1H3,(H,29,33)(H,35,36)(H,28,30,34)/t19-,20+/m0/s1. The van der Waals surface area contributed by atoms with Crippen LogP contribution in [0.2, 0.25) is 5.02 Å². The van der Waals surface area contributed by atoms with Gasteiger partial charge in [-0.2, -0.15) is 0 Å². The SMILES string of the molecule is CN(C(=O)NCc1cccc(F)c1Cl)[C@@H](COC[C@@H](O)CO[PH](=O)O)COC(=O)Nc1cc2ccccc2cn1. The molecule has 15 heteroatoms. The van der Waals surface area contributed by atoms with Crippen LogP contribution in [-0.4, -0.2) is 77.6 Å². The summed E-state index contributed by atoms with van der Waals surface area (Å²) in [5.41, 5.74) is 0.362. The van der Waals surface area contributed by atoms with Crippen molar-refractivity contribution in [3.63, 3.8) is 0 Å². The molecular weight excluding hydrogens is 570 g/mol. The molecule has 1 aromatic heterocycles. The highest BCUT2D eigenvalue weighted by Crippen LogP contribution is 2.20. The summed E-state index contributed by atoms with van der Waals surface area (Å²) in [6.07, 6.45) is -0.429. The van der Waals surface area contributed by atoms with Gasteiger partial charge < -0.3 is 34.2 Å². The Balaban J connectivity index is 1.59. The highest BCUT2D eigenvalue weighted by atomic mass is 35.5. The van der Waals surface area contributed by atoms with Gasteiger partial charge in [0, 0.05) is 25.2 Å². The molecule has 0 saturated carbocycles. The Morgan fingerprint density at radius 3 is 2.62 bits per heavy atom. The smallest absolute Gasteiger partial charge is 0.412 e. The number of urea groups is 1. The van der Waals surface area contributed by atoms with E-state index in [1.165, 1.54) is 24.1 Å². The molecule has 1 unspecified atom stereocenters. The van der Waals surface area contributed by atoms with Gasteiger partial charge in [0.1, 0.15) is 24.3 Å². The van der Waals surface area contributed by atoms with Crippen LogP contribution in [0, 0.1) is 5.82 Å². The van der Waals surface area contributed by atoms with Gasteiger partial charge in [-0.15, -0.1) is 0 Å². The number of nitrogens with one attached hydrogen (secondary N) is 2. The number of hydrogen-bond donors (Lipinski definition) is 4. The van der Waals surface area contributed by atoms with E-state index >= 15 is 0 Å². The second-order valence-electron chi connectivity index (χ2n) is 8.54. The molecular formula is C25H29ClFN4O8P. The van der Waals surface area contributed by atoms with Crippen LogP contribution >= 0.6 is 19.9 Å². The van der Waals surface area contributed by atoms with E-state index in [0.717, 1.165) is 10.8 Å². The summed E-state index contributed by atoms with van der Waals surface area (Å²) in [5.74, 6) is -0.358. The summed E-state index contributed by atoms with van der Waals surface area (Å²) in [4.78, 5) is 39.4. The van der Waals surface area contributed by atoms with Crippen LogP contribution in [0.25, 0.3) is 10.8 Å². The molecule has 12 nitrogen and oxygen atoms in total. The number of pyridine rings is 1. The van der Waals surface area contributed by atoms with E-state index < -0.39 is 44.9 Å². The largest absolute Gasteiger partial charge is 0.447 e. The lowest BCUT2D eigenvalue weighted by Gasteiger charge is -2.28. The minimum atomic E-state index is -3.21. The summed E-state index contributed by atoms with van der Waals surface area (Å²) >= 11 is 5.95. The highest BCUT2D eigenvalue weighted by molar-refractivity contribution is 7.32. The monoisotopic (exact) mass is 598 g/mol. The van der Waals surface area contributed by atoms with Crippen molar-refractivity contribution >= 4 is 48.6 Å². The van der Waals surface area contributed by atoms with Gasteiger partial charge in [0.25, 0.3) is 0 Å². The van der Waals surface area contributed by atoms with E-state index in [-0.39, 0.29) is 37.2 Å². The maximum atomic E-state index is 13.7. The molecule has 4 N–H and O–H groups in total. The molecule has 0 saturated heterocycles. The molecule has 0 spiro atoms. The third kappa shape index (κ3) is 9.70. The van der Waals surface area contributed by atoms with E-state index in [0.29, 0.717) is 5.56 Å². The number of aliphatic hydroxyl groups excluding tert-OH is 1. The molecule has 0 aliphatic rings. The molecule has 3 rings (SSSR count). The topological polar surface area (TPSA) is 160 Å². The van der Waals surface area contributed by atoms with Gasteiger partial charge in [-0.25, -0.2) is 19.0 Å². The molecule has 0 aliphatic heterocycles. The first kappa shape index (κ1) is 31.2. The van der Waals surface area contributed by atoms with E-state index in [1.807, 2.05) is 24.3 Å². The predicted molar refractivity (Wildman–Crippen MR) is 146 cm³/mol. The van der Waals surface area contributed by atoms with Crippen molar-refractivity contribution < 1.29 is 42.5 Å². The first-order valence-corrected chi connectivity index (χ1v) is 13.6. The molecule has 0 bridgehead atoms. The Morgan fingerprint density at radius 1 is 1.12 bits per heavy atom. The van der Waals surface area contributed by atoms with Gasteiger partial charge in [0.15, 0.2) is 0 Å². The number of ether oxygens (including phenoxy) is 2. The van der Waals surface area contributed by atoms with Crippen LogP contribution in [0.4, 0.5) is 19.8 Å². The summed E-state index contributed by atoms with van der Waals surface area (Å²) in [7, 11) is -1.78. The zero-order valence-corrected chi connectivity index (χ0v) is 23.1. The second kappa shape index (κ2) is 15.5. The molecule has 40 heavy (non-hydrogen) atoms. The zero-order chi connectivity index (χ0) is 29.1. The van der Waals surface area contributed by atoms with E-state index in [9.17, 15) is 23.7 Å². The Kier molecular flexibility index (Phi) is 12.1. The molecule has 0 fully saturated rings. The quantitative estimate of drug-likeness (QED) is 0.216. The number of anilines is 1. The Labute approximate surface area is 234 Å². The van der Waals surface area contributed by atoms with Crippen molar-refractivity contribution in [2.24, 2.45) is 0 Å². The molecule has 1 heterocycles. The first-order valence-electron chi connectivity index (χ1n) is 12.0. The number of aliphatic hydroxyl groups is 1. The number of aromatic nitrogens is 1. The lowest BCUT2D eigenvalue weighted by Crippen LogP contribution is -2.48. The lowest BCUT2D eigenvalue weighted by atomic mass is 10.2. The first-order chi connectivity index (χ1) is 19.1. The zero-order valence-electron chi connectivity index (χ0n) is 21.4. The molecule has 0 radical (unpaired) electrons. The molecule has 3 aromatic rings. The van der Waals surface area contributed by atoms with E-state index in [1.54, 1.807) is 18.3 Å². The van der Waals surface area contributed by atoms with Crippen molar-refractivity contribution in [3.8, 4) is 0 Å². The molecule has 2 aromatic carbocycles. The van der Waals surface area contributed by atoms with Gasteiger partial charge in [-0.3, -0.25) is 9.88 Å². The number of benzene rings is 2. The fourth-order valence-electron chi connectivity index (χ4n) is 3.44. The van der Waals surface area contributed by atoms with Crippen LogP contribution < -0.4 is 10.6 Å². The minimum Gasteiger partial charge on any atom is -0.447 e. The van der Waals surface area contributed by atoms with Crippen LogP contribution in [-0.2, 0) is 25.1 Å². The summed E-state index contributed by atoms with van der Waals surface area (Å²) < 4.78 is 39.6. The summed E-state index contributed by atoms with van der Waals surface area (Å²) in [6, 6.07) is 11.9. The number of nitrogens with zero attached hydrogens (tertiary/aromatic N) is 2. The predicted octanol–water partition coefficient (Wildman–Crippen LogP) is 3.56. The maximum Gasteiger partial charge on any atom is 0.412 e. The number of hydrogen-bond acceptors (Lipinski definition) is 8. The van der Waals surface area contributed by atoms with Crippen molar-refractivity contribution in [1.82, 2.24) is 15.2 Å². The van der Waals surface area contributed by atoms with E-state index in [4.69, 9.17) is 26.0 Å². The van der Waals surface area contributed by atoms with Crippen molar-refractivity contribution in [2.75, 3.05) is 38.8 Å². The Hall–Kier alpha value is -3.32. The number of rotatable bonds is 13. The summed E-state index contributed by atoms with van der Waals surface area (Å²) in [5, 5.41) is 16.6. The normalized spacial score (nSPS) is 13.3. The number of amides is 3. The van der Waals surface area contributed by atoms with Crippen molar-refractivity contribution in [2.45, 2.75) is 18.7 Å². The van der Waals surface area contributed by atoms with Crippen molar-refractivity contribution in [1.29, 1.82) is 0 Å². The van der Waals surface area contributed by atoms with Gasteiger partial charge in [0.2, 0.25) is 0 Å². The molecule has 3 atom stereocenters. The average molecular weight is 599 g/mol. The number of likely N-dealkylation sites (N-methyl/N-ethyl adjacent to an activating group) is 1. The Bertz CT molecular complexity index is 1340. The third-order valence-electron chi connectivity index (χ3n) is 5.62. The number of carbonyl (C=O) groups is 2. The van der Waals surface area contributed by atoms with Crippen molar-refractivity contribution in [3.05, 3.63) is 71.1 Å². The van der Waals surface area contributed by atoms with Crippen LogP contribution in [0.1, 0.15) is 5.56 Å².